The molecule has 0 saturated heterocycles. The molecule has 2 aromatic rings. The lowest BCUT2D eigenvalue weighted by atomic mass is 10.3. The van der Waals surface area contributed by atoms with Gasteiger partial charge in [-0.05, 0) is 12.1 Å². The molecule has 86 valence electrons. The monoisotopic (exact) mass is 235 g/mol. The number of hydrogen-bond acceptors (Lipinski definition) is 3. The van der Waals surface area contributed by atoms with Crippen molar-refractivity contribution in [1.29, 1.82) is 0 Å². The second-order valence-corrected chi connectivity index (χ2v) is 3.17. The number of nitrogens with zero attached hydrogens (tertiary/aromatic N) is 2. The van der Waals surface area contributed by atoms with Crippen molar-refractivity contribution in [1.82, 2.24) is 9.97 Å². The Balaban J connectivity index is 2.19. The Labute approximate surface area is 95.3 Å². The zero-order chi connectivity index (χ0) is 12.3. The van der Waals surface area contributed by atoms with Crippen LogP contribution < -0.4 is 5.32 Å². The summed E-state index contributed by atoms with van der Waals surface area (Å²) in [6.45, 7) is 0. The van der Waals surface area contributed by atoms with Gasteiger partial charge in [-0.1, -0.05) is 0 Å². The third kappa shape index (κ3) is 2.60. The molecule has 0 atom stereocenters. The first-order chi connectivity index (χ1) is 8.16. The maximum absolute atomic E-state index is 13.2. The molecule has 0 fully saturated rings. The standard InChI is InChI=1S/C11H7F2N3O/c12-7-1-2-9(8(13)5-7)16-11(17)10-6-14-3-4-15-10/h1-6H,(H,16,17). The van der Waals surface area contributed by atoms with Crippen LogP contribution in [-0.2, 0) is 0 Å². The van der Waals surface area contributed by atoms with Crippen LogP contribution in [-0.4, -0.2) is 15.9 Å². The zero-order valence-electron chi connectivity index (χ0n) is 8.52. The minimum atomic E-state index is -0.845. The van der Waals surface area contributed by atoms with E-state index in [4.69, 9.17) is 0 Å². The number of carbonyl (C=O) groups is 1. The quantitative estimate of drug-likeness (QED) is 0.866. The fourth-order valence-corrected chi connectivity index (χ4v) is 1.19. The minimum Gasteiger partial charge on any atom is -0.318 e. The molecule has 1 amide bonds. The van der Waals surface area contributed by atoms with Gasteiger partial charge in [0, 0.05) is 18.5 Å². The molecule has 0 unspecified atom stereocenters. The van der Waals surface area contributed by atoms with Crippen LogP contribution in [0.25, 0.3) is 0 Å². The number of hydrogen-bond donors (Lipinski definition) is 1. The fraction of sp³-hybridized carbons (Fsp3) is 0. The molecule has 0 radical (unpaired) electrons. The Hall–Kier alpha value is -2.37. The normalized spacial score (nSPS) is 10.0. The van der Waals surface area contributed by atoms with E-state index in [1.54, 1.807) is 0 Å². The first-order valence-corrected chi connectivity index (χ1v) is 4.69. The molecule has 17 heavy (non-hydrogen) atoms. The van der Waals surface area contributed by atoms with Gasteiger partial charge in [-0.25, -0.2) is 13.8 Å². The highest BCUT2D eigenvalue weighted by molar-refractivity contribution is 6.02. The van der Waals surface area contributed by atoms with Crippen LogP contribution in [0.5, 0.6) is 0 Å². The number of anilines is 1. The Kier molecular flexibility index (Phi) is 3.04. The lowest BCUT2D eigenvalue weighted by molar-refractivity contribution is 0.102. The van der Waals surface area contributed by atoms with E-state index in [1.807, 2.05) is 0 Å². The van der Waals surface area contributed by atoms with Crippen LogP contribution in [0.2, 0.25) is 0 Å². The lowest BCUT2D eigenvalue weighted by Crippen LogP contribution is -2.14. The van der Waals surface area contributed by atoms with Crippen molar-refractivity contribution in [3.8, 4) is 0 Å². The van der Waals surface area contributed by atoms with Crippen molar-refractivity contribution in [3.05, 3.63) is 54.1 Å². The van der Waals surface area contributed by atoms with Crippen LogP contribution in [0.1, 0.15) is 10.5 Å². The van der Waals surface area contributed by atoms with Gasteiger partial charge in [0.2, 0.25) is 0 Å². The summed E-state index contributed by atoms with van der Waals surface area (Å²) in [6, 6.07) is 2.88. The number of carbonyl (C=O) groups excluding carboxylic acids is 1. The molecule has 1 aromatic heterocycles. The van der Waals surface area contributed by atoms with Crippen LogP contribution in [0.4, 0.5) is 14.5 Å². The van der Waals surface area contributed by atoms with Gasteiger partial charge in [-0.2, -0.15) is 0 Å². The predicted octanol–water partition coefficient (Wildman–Crippen LogP) is 2.01. The maximum atomic E-state index is 13.2. The van der Waals surface area contributed by atoms with Crippen LogP contribution in [0.15, 0.2) is 36.8 Å². The lowest BCUT2D eigenvalue weighted by Gasteiger charge is -2.05. The summed E-state index contributed by atoms with van der Waals surface area (Å²) >= 11 is 0. The van der Waals surface area contributed by atoms with Gasteiger partial charge in [0.15, 0.2) is 0 Å². The second-order valence-electron chi connectivity index (χ2n) is 3.17. The van der Waals surface area contributed by atoms with Crippen molar-refractivity contribution < 1.29 is 13.6 Å². The van der Waals surface area contributed by atoms with E-state index < -0.39 is 17.5 Å². The number of amides is 1. The number of aromatic nitrogens is 2. The SMILES string of the molecule is O=C(Nc1ccc(F)cc1F)c1cnccn1. The van der Waals surface area contributed by atoms with Gasteiger partial charge in [0.1, 0.15) is 17.3 Å². The maximum Gasteiger partial charge on any atom is 0.275 e. The van der Waals surface area contributed by atoms with Crippen LogP contribution in [0, 0.1) is 11.6 Å². The molecule has 1 heterocycles. The number of nitrogens with one attached hydrogen (secondary N) is 1. The van der Waals surface area contributed by atoms with Gasteiger partial charge in [0.05, 0.1) is 11.9 Å². The van der Waals surface area contributed by atoms with E-state index in [0.717, 1.165) is 12.1 Å². The van der Waals surface area contributed by atoms with Gasteiger partial charge in [-0.15, -0.1) is 0 Å². The van der Waals surface area contributed by atoms with E-state index in [0.29, 0.717) is 6.07 Å². The second kappa shape index (κ2) is 4.65. The Morgan fingerprint density at radius 2 is 2.06 bits per heavy atom. The molecule has 0 spiro atoms. The third-order valence-electron chi connectivity index (χ3n) is 1.98. The molecule has 0 aliphatic rings. The molecule has 1 aromatic carbocycles. The van der Waals surface area contributed by atoms with Crippen molar-refractivity contribution in [2.75, 3.05) is 5.32 Å². The number of rotatable bonds is 2. The molecule has 0 aliphatic carbocycles. The van der Waals surface area contributed by atoms with Gasteiger partial charge < -0.3 is 5.32 Å². The van der Waals surface area contributed by atoms with Gasteiger partial charge in [0.25, 0.3) is 5.91 Å². The van der Waals surface area contributed by atoms with Crippen LogP contribution in [0.3, 0.4) is 0 Å². The Bertz CT molecular complexity index is 546. The molecule has 0 bridgehead atoms. The molecule has 0 saturated carbocycles. The summed E-state index contributed by atoms with van der Waals surface area (Å²) in [5.41, 5.74) is -0.0571. The summed E-state index contributed by atoms with van der Waals surface area (Å²) in [4.78, 5) is 19.0. The highest BCUT2D eigenvalue weighted by Gasteiger charge is 2.10. The average molecular weight is 235 g/mol. The minimum absolute atomic E-state index is 0.0521. The molecule has 4 nitrogen and oxygen atoms in total. The fourth-order valence-electron chi connectivity index (χ4n) is 1.19. The van der Waals surface area contributed by atoms with Gasteiger partial charge >= 0.3 is 0 Å². The molecular weight excluding hydrogens is 228 g/mol. The largest absolute Gasteiger partial charge is 0.318 e. The predicted molar refractivity (Wildman–Crippen MR) is 56.3 cm³/mol. The summed E-state index contributed by atoms with van der Waals surface area (Å²) in [6.07, 6.45) is 4.00. The highest BCUT2D eigenvalue weighted by Crippen LogP contribution is 2.15. The molecule has 2 rings (SSSR count). The topological polar surface area (TPSA) is 54.9 Å². The van der Waals surface area contributed by atoms with E-state index >= 15 is 0 Å². The van der Waals surface area contributed by atoms with E-state index in [9.17, 15) is 13.6 Å². The Morgan fingerprint density at radius 3 is 2.71 bits per heavy atom. The van der Waals surface area contributed by atoms with E-state index in [2.05, 4.69) is 15.3 Å². The average Bonchev–Trinajstić information content (AvgIpc) is 2.34. The number of halogens is 2. The van der Waals surface area contributed by atoms with E-state index in [-0.39, 0.29) is 11.4 Å². The van der Waals surface area contributed by atoms with Crippen molar-refractivity contribution in [3.63, 3.8) is 0 Å². The van der Waals surface area contributed by atoms with Crippen LogP contribution >= 0.6 is 0 Å². The number of benzene rings is 1. The first kappa shape index (κ1) is 11.1. The van der Waals surface area contributed by atoms with Gasteiger partial charge in [-0.3, -0.25) is 9.78 Å². The summed E-state index contributed by atoms with van der Waals surface area (Å²) in [7, 11) is 0. The zero-order valence-corrected chi connectivity index (χ0v) is 8.52. The first-order valence-electron chi connectivity index (χ1n) is 4.69. The Morgan fingerprint density at radius 1 is 1.24 bits per heavy atom. The molecule has 0 aliphatic heterocycles. The summed E-state index contributed by atoms with van der Waals surface area (Å²) in [5.74, 6) is -2.16. The smallest absolute Gasteiger partial charge is 0.275 e. The third-order valence-corrected chi connectivity index (χ3v) is 1.98. The summed E-state index contributed by atoms with van der Waals surface area (Å²) < 4.78 is 25.9. The van der Waals surface area contributed by atoms with Crippen molar-refractivity contribution >= 4 is 11.6 Å². The molecule has 1 N–H and O–H groups in total. The highest BCUT2D eigenvalue weighted by atomic mass is 19.1. The van der Waals surface area contributed by atoms with Crippen molar-refractivity contribution in [2.24, 2.45) is 0 Å². The van der Waals surface area contributed by atoms with Crippen molar-refractivity contribution in [2.45, 2.75) is 0 Å². The molecule has 6 heteroatoms. The molecular formula is C11H7F2N3O. The van der Waals surface area contributed by atoms with E-state index in [1.165, 1.54) is 18.6 Å². The summed E-state index contributed by atoms with van der Waals surface area (Å²) in [5, 5.41) is 2.27.